The third-order valence-corrected chi connectivity index (χ3v) is 3.45. The summed E-state index contributed by atoms with van der Waals surface area (Å²) in [5.41, 5.74) is 0.325. The van der Waals surface area contributed by atoms with Crippen LogP contribution in [0.4, 0.5) is 11.4 Å². The van der Waals surface area contributed by atoms with Crippen molar-refractivity contribution in [3.63, 3.8) is 0 Å². The number of nitrogens with zero attached hydrogens (tertiary/aromatic N) is 2. The second kappa shape index (κ2) is 5.74. The first-order valence-electron chi connectivity index (χ1n) is 6.62. The van der Waals surface area contributed by atoms with Gasteiger partial charge >= 0.3 is 0 Å². The van der Waals surface area contributed by atoms with Crippen molar-refractivity contribution in [2.24, 2.45) is 0 Å². The van der Waals surface area contributed by atoms with E-state index in [1.165, 1.54) is 0 Å². The summed E-state index contributed by atoms with van der Waals surface area (Å²) in [4.78, 5) is 26.8. The molecule has 0 aromatic heterocycles. The standard InChI is InChI=1S/C14H25N3O2/c1-14(2,3)17(6)9-7-8-15-10-11(16(4)5)13(19)12(10)18/h15H,7-9H2,1-6H3. The smallest absolute Gasteiger partial charge is 0.253 e. The van der Waals surface area contributed by atoms with Gasteiger partial charge in [0.25, 0.3) is 10.9 Å². The van der Waals surface area contributed by atoms with E-state index in [2.05, 4.69) is 38.0 Å². The van der Waals surface area contributed by atoms with Crippen LogP contribution in [0.2, 0.25) is 0 Å². The van der Waals surface area contributed by atoms with Gasteiger partial charge in [-0.25, -0.2) is 0 Å². The second-order valence-corrected chi connectivity index (χ2v) is 6.15. The maximum atomic E-state index is 11.5. The third kappa shape index (κ3) is 3.56. The quantitative estimate of drug-likeness (QED) is 0.612. The van der Waals surface area contributed by atoms with E-state index in [1.807, 2.05) is 0 Å². The number of hydrogen-bond acceptors (Lipinski definition) is 5. The first kappa shape index (κ1) is 15.7. The fraction of sp³-hybridized carbons (Fsp3) is 0.714. The Hall–Kier alpha value is -1.36. The molecule has 0 atom stereocenters. The van der Waals surface area contributed by atoms with Crippen molar-refractivity contribution >= 4 is 11.4 Å². The first-order valence-corrected chi connectivity index (χ1v) is 6.62. The largest absolute Gasteiger partial charge is 0.380 e. The van der Waals surface area contributed by atoms with E-state index in [1.54, 1.807) is 19.0 Å². The Bertz CT molecular complexity index is 493. The van der Waals surface area contributed by atoms with Crippen LogP contribution in [0.5, 0.6) is 0 Å². The van der Waals surface area contributed by atoms with Crippen LogP contribution in [0.15, 0.2) is 9.59 Å². The molecule has 0 spiro atoms. The van der Waals surface area contributed by atoms with Crippen molar-refractivity contribution in [2.45, 2.75) is 32.7 Å². The topological polar surface area (TPSA) is 52.6 Å². The van der Waals surface area contributed by atoms with Crippen molar-refractivity contribution in [3.05, 3.63) is 20.4 Å². The lowest BCUT2D eigenvalue weighted by atomic mass is 10.1. The second-order valence-electron chi connectivity index (χ2n) is 6.15. The van der Waals surface area contributed by atoms with Crippen LogP contribution in [-0.4, -0.2) is 44.7 Å². The van der Waals surface area contributed by atoms with Crippen LogP contribution in [0.1, 0.15) is 27.2 Å². The molecule has 0 heterocycles. The van der Waals surface area contributed by atoms with Gasteiger partial charge in [0.15, 0.2) is 0 Å². The Morgan fingerprint density at radius 1 is 1.05 bits per heavy atom. The van der Waals surface area contributed by atoms with Gasteiger partial charge in [-0.1, -0.05) is 0 Å². The van der Waals surface area contributed by atoms with E-state index in [-0.39, 0.29) is 11.0 Å². The van der Waals surface area contributed by atoms with Gasteiger partial charge in [0.05, 0.1) is 0 Å². The molecule has 1 N–H and O–H groups in total. The summed E-state index contributed by atoms with van der Waals surface area (Å²) >= 11 is 0. The van der Waals surface area contributed by atoms with Crippen LogP contribution in [0.3, 0.4) is 0 Å². The van der Waals surface area contributed by atoms with Crippen molar-refractivity contribution < 1.29 is 0 Å². The molecule has 0 fully saturated rings. The Morgan fingerprint density at radius 2 is 1.63 bits per heavy atom. The normalized spacial score (nSPS) is 12.2. The van der Waals surface area contributed by atoms with E-state index >= 15 is 0 Å². The molecule has 1 aromatic carbocycles. The number of anilines is 2. The minimum absolute atomic E-state index is 0.149. The molecule has 0 aliphatic carbocycles. The highest BCUT2D eigenvalue weighted by Crippen LogP contribution is 2.17. The van der Waals surface area contributed by atoms with Crippen molar-refractivity contribution in [1.82, 2.24) is 4.90 Å². The van der Waals surface area contributed by atoms with Crippen molar-refractivity contribution in [3.8, 4) is 0 Å². The lowest BCUT2D eigenvalue weighted by Gasteiger charge is -2.32. The highest BCUT2D eigenvalue weighted by atomic mass is 16.2. The van der Waals surface area contributed by atoms with Gasteiger partial charge in [0, 0.05) is 32.7 Å². The molecule has 5 heteroatoms. The minimum Gasteiger partial charge on any atom is -0.380 e. The zero-order chi connectivity index (χ0) is 14.8. The Balaban J connectivity index is 2.46. The molecule has 0 amide bonds. The van der Waals surface area contributed by atoms with Crippen LogP contribution in [-0.2, 0) is 0 Å². The summed E-state index contributed by atoms with van der Waals surface area (Å²) in [6.45, 7) is 8.15. The fourth-order valence-corrected chi connectivity index (χ4v) is 1.84. The number of nitrogens with one attached hydrogen (secondary N) is 1. The van der Waals surface area contributed by atoms with Gasteiger partial charge in [-0.15, -0.1) is 0 Å². The van der Waals surface area contributed by atoms with Crippen LogP contribution in [0, 0.1) is 0 Å². The van der Waals surface area contributed by atoms with E-state index in [0.717, 1.165) is 13.0 Å². The molecule has 0 bridgehead atoms. The lowest BCUT2D eigenvalue weighted by Crippen LogP contribution is -2.41. The third-order valence-electron chi connectivity index (χ3n) is 3.45. The number of hydrogen-bond donors (Lipinski definition) is 1. The van der Waals surface area contributed by atoms with Gasteiger partial charge in [-0.2, -0.15) is 0 Å². The SMILES string of the molecule is CN(C)c1c(NCCCN(C)C(C)(C)C)c(=O)c1=O. The van der Waals surface area contributed by atoms with Crippen molar-refractivity contribution in [1.29, 1.82) is 0 Å². The van der Waals surface area contributed by atoms with Crippen LogP contribution >= 0.6 is 0 Å². The monoisotopic (exact) mass is 267 g/mol. The molecule has 108 valence electrons. The van der Waals surface area contributed by atoms with Gasteiger partial charge in [-0.05, 0) is 34.2 Å². The van der Waals surface area contributed by atoms with E-state index < -0.39 is 5.43 Å². The summed E-state index contributed by atoms with van der Waals surface area (Å²) in [5.74, 6) is 0. The summed E-state index contributed by atoms with van der Waals surface area (Å²) in [7, 11) is 5.63. The molecule has 5 nitrogen and oxygen atoms in total. The summed E-state index contributed by atoms with van der Waals surface area (Å²) in [5, 5.41) is 3.08. The molecular formula is C14H25N3O2. The van der Waals surface area contributed by atoms with Gasteiger partial charge in [0.2, 0.25) is 0 Å². The lowest BCUT2D eigenvalue weighted by molar-refractivity contribution is 0.175. The van der Waals surface area contributed by atoms with Crippen molar-refractivity contribution in [2.75, 3.05) is 44.4 Å². The highest BCUT2D eigenvalue weighted by molar-refractivity contribution is 5.74. The molecule has 0 aliphatic heterocycles. The zero-order valence-corrected chi connectivity index (χ0v) is 12.8. The van der Waals surface area contributed by atoms with Gasteiger partial charge < -0.3 is 15.1 Å². The molecule has 1 aromatic rings. The molecule has 0 saturated carbocycles. The summed E-state index contributed by atoms with van der Waals surface area (Å²) < 4.78 is 0. The van der Waals surface area contributed by atoms with Gasteiger partial charge in [0.1, 0.15) is 11.4 Å². The van der Waals surface area contributed by atoms with Crippen LogP contribution in [0.25, 0.3) is 0 Å². The predicted molar refractivity (Wildman–Crippen MR) is 81.2 cm³/mol. The molecule has 0 aliphatic rings. The molecule has 0 radical (unpaired) electrons. The van der Waals surface area contributed by atoms with E-state index in [0.29, 0.717) is 17.9 Å². The Kier molecular flexibility index (Phi) is 4.74. The first-order chi connectivity index (χ1) is 8.66. The maximum Gasteiger partial charge on any atom is 0.253 e. The minimum atomic E-state index is -0.395. The Labute approximate surface area is 114 Å². The average molecular weight is 267 g/mol. The molecule has 1 rings (SSSR count). The van der Waals surface area contributed by atoms with Crippen LogP contribution < -0.4 is 21.1 Å². The molecule has 0 unspecified atom stereocenters. The molecular weight excluding hydrogens is 242 g/mol. The number of rotatable bonds is 6. The fourth-order valence-electron chi connectivity index (χ4n) is 1.84. The average Bonchev–Trinajstić information content (AvgIpc) is 2.29. The molecule has 19 heavy (non-hydrogen) atoms. The maximum absolute atomic E-state index is 11.5. The highest BCUT2D eigenvalue weighted by Gasteiger charge is 2.22. The van der Waals surface area contributed by atoms with E-state index in [4.69, 9.17) is 0 Å². The zero-order valence-electron chi connectivity index (χ0n) is 12.8. The summed E-state index contributed by atoms with van der Waals surface area (Å²) in [6.07, 6.45) is 0.930. The predicted octanol–water partition coefficient (Wildman–Crippen LogP) is 0.881. The van der Waals surface area contributed by atoms with E-state index in [9.17, 15) is 9.59 Å². The summed E-state index contributed by atoms with van der Waals surface area (Å²) in [6, 6.07) is 0. The Morgan fingerprint density at radius 3 is 2.11 bits per heavy atom. The molecule has 0 saturated heterocycles. The van der Waals surface area contributed by atoms with Gasteiger partial charge in [-0.3, -0.25) is 9.59 Å².